The van der Waals surface area contributed by atoms with E-state index in [1.807, 2.05) is 4.98 Å². The number of allylic oxidation sites excluding steroid dienone is 1. The van der Waals surface area contributed by atoms with Crippen LogP contribution in [-0.4, -0.2) is 155 Å². The Bertz CT molecular complexity index is 1610. The number of carbonyl (C=O) groups excluding carboxylic acids is 2. The van der Waals surface area contributed by atoms with Crippen molar-refractivity contribution in [3.8, 4) is 0 Å². The molecule has 3 fully saturated rings. The standard InChI is InChI=1S/C39H64N4O16/c1-20(2)14-12-10-8-6-4-5-7-9-11-13-15-25(47)41-28-32(52)29(49)23(56-38(28)59-37-27(40-21(3)45)31(51)30(50)24(19-44)57-37)18-22(46)35-33(53)34(54)36(58-35)43-17-16-26(48)42-39(43)55/h13,15-17,20,22-24,27-38,44,46,49-54H,4-12,14,18-19H2,1-3H3,(H,40,45)(H,41,47)(H,42,48,55)/b15-13+/t22?,23-,24-,27-,28-,29+,30-,31-,32-,33+,34-,35-,36-,37-,38+/m1/s1. The number of ether oxygens (including phenoxy) is 4. The molecule has 59 heavy (non-hydrogen) atoms. The van der Waals surface area contributed by atoms with Crippen LogP contribution in [0.1, 0.15) is 97.6 Å². The van der Waals surface area contributed by atoms with E-state index in [2.05, 4.69) is 24.5 Å². The number of nitrogens with zero attached hydrogens (tertiary/aromatic N) is 1. The summed E-state index contributed by atoms with van der Waals surface area (Å²) in [6, 6.07) is -2.01. The van der Waals surface area contributed by atoms with Gasteiger partial charge in [-0.2, -0.15) is 0 Å². The Labute approximate surface area is 342 Å². The van der Waals surface area contributed by atoms with Crippen LogP contribution >= 0.6 is 0 Å². The molecule has 1 aromatic heterocycles. The van der Waals surface area contributed by atoms with Gasteiger partial charge in [-0.25, -0.2) is 4.79 Å². The molecular weight excluding hydrogens is 780 g/mol. The molecule has 4 heterocycles. The van der Waals surface area contributed by atoms with Crippen LogP contribution < -0.4 is 21.9 Å². The Balaban J connectivity index is 1.44. The molecule has 1 aromatic rings. The minimum absolute atomic E-state index is 0.597. The second-order valence-corrected chi connectivity index (χ2v) is 16.1. The lowest BCUT2D eigenvalue weighted by molar-refractivity contribution is -0.346. The number of aliphatic hydroxyl groups is 8. The third-order valence-corrected chi connectivity index (χ3v) is 11.0. The maximum atomic E-state index is 13.1. The second-order valence-electron chi connectivity index (χ2n) is 16.1. The summed E-state index contributed by atoms with van der Waals surface area (Å²) in [7, 11) is 0. The predicted molar refractivity (Wildman–Crippen MR) is 207 cm³/mol. The molecule has 0 bridgehead atoms. The van der Waals surface area contributed by atoms with Crippen LogP contribution in [0.4, 0.5) is 0 Å². The van der Waals surface area contributed by atoms with E-state index in [0.717, 1.165) is 55.4 Å². The van der Waals surface area contributed by atoms with Crippen molar-refractivity contribution in [3.63, 3.8) is 0 Å². The van der Waals surface area contributed by atoms with E-state index in [4.69, 9.17) is 18.9 Å². The molecule has 0 aliphatic carbocycles. The number of carbonyl (C=O) groups is 2. The molecule has 2 amide bonds. The van der Waals surface area contributed by atoms with Crippen LogP contribution in [0.3, 0.4) is 0 Å². The number of hydrogen-bond acceptors (Lipinski definition) is 16. The Morgan fingerprint density at radius 1 is 0.814 bits per heavy atom. The highest BCUT2D eigenvalue weighted by molar-refractivity contribution is 5.87. The summed E-state index contributed by atoms with van der Waals surface area (Å²) in [4.78, 5) is 51.1. The van der Waals surface area contributed by atoms with Crippen molar-refractivity contribution in [2.45, 2.75) is 183 Å². The van der Waals surface area contributed by atoms with Crippen molar-refractivity contribution in [3.05, 3.63) is 45.3 Å². The van der Waals surface area contributed by atoms with Gasteiger partial charge >= 0.3 is 5.69 Å². The maximum Gasteiger partial charge on any atom is 0.330 e. The number of nitrogens with one attached hydrogen (secondary N) is 3. The summed E-state index contributed by atoms with van der Waals surface area (Å²) in [5, 5.41) is 91.4. The Hall–Kier alpha value is -3.12. The monoisotopic (exact) mass is 844 g/mol. The first-order valence-corrected chi connectivity index (χ1v) is 20.6. The average Bonchev–Trinajstić information content (AvgIpc) is 3.47. The molecule has 0 radical (unpaired) electrons. The first kappa shape index (κ1) is 48.5. The van der Waals surface area contributed by atoms with Crippen molar-refractivity contribution in [1.29, 1.82) is 0 Å². The maximum absolute atomic E-state index is 13.1. The molecule has 20 heteroatoms. The third-order valence-electron chi connectivity index (χ3n) is 11.0. The highest BCUT2D eigenvalue weighted by Gasteiger charge is 2.53. The van der Waals surface area contributed by atoms with E-state index < -0.39 is 128 Å². The van der Waals surface area contributed by atoms with Crippen LogP contribution in [-0.2, 0) is 28.5 Å². The van der Waals surface area contributed by atoms with Gasteiger partial charge in [-0.15, -0.1) is 0 Å². The number of H-pyrrole nitrogens is 1. The number of hydrogen-bond donors (Lipinski definition) is 11. The molecule has 0 saturated carbocycles. The topological polar surface area (TPSA) is 312 Å². The summed E-state index contributed by atoms with van der Waals surface area (Å²) in [5.41, 5.74) is -1.68. The molecule has 15 atom stereocenters. The number of aromatic amines is 1. The van der Waals surface area contributed by atoms with Crippen molar-refractivity contribution >= 4 is 11.8 Å². The quantitative estimate of drug-likeness (QED) is 0.0467. The van der Waals surface area contributed by atoms with Crippen LogP contribution in [0.15, 0.2) is 34.0 Å². The van der Waals surface area contributed by atoms with Crippen molar-refractivity contribution in [1.82, 2.24) is 20.2 Å². The fourth-order valence-corrected chi connectivity index (χ4v) is 7.63. The van der Waals surface area contributed by atoms with E-state index in [-0.39, 0.29) is 0 Å². The van der Waals surface area contributed by atoms with Gasteiger partial charge in [-0.3, -0.25) is 23.9 Å². The number of unbranched alkanes of at least 4 members (excludes halogenated alkanes) is 8. The molecule has 11 N–H and O–H groups in total. The smallest absolute Gasteiger partial charge is 0.330 e. The molecule has 336 valence electrons. The highest BCUT2D eigenvalue weighted by Crippen LogP contribution is 2.34. The van der Waals surface area contributed by atoms with Gasteiger partial charge in [-0.05, 0) is 24.8 Å². The summed E-state index contributed by atoms with van der Waals surface area (Å²) in [5.74, 6) is -0.621. The number of amides is 2. The SMILES string of the molecule is CC(=O)N[C@H]1[C@@H](O[C@@H]2O[C@H](CC(O)[C@H]3O[C@@H](n4ccc(=O)[nH]c4=O)[C@H](O)[C@@H]3O)[C@H](O)[C@H](O)[C@H]2NC(=O)/C=C/CCCCCCCCCCC(C)C)O[C@H](CO)[C@@H](O)[C@@H]1O. The summed E-state index contributed by atoms with van der Waals surface area (Å²) < 4.78 is 24.1. The van der Waals surface area contributed by atoms with Crippen LogP contribution in [0.5, 0.6) is 0 Å². The van der Waals surface area contributed by atoms with E-state index in [1.165, 1.54) is 38.2 Å². The van der Waals surface area contributed by atoms with Gasteiger partial charge in [0.05, 0.1) is 18.8 Å². The fraction of sp³-hybridized carbons (Fsp3) is 0.795. The van der Waals surface area contributed by atoms with E-state index in [0.29, 0.717) is 6.42 Å². The van der Waals surface area contributed by atoms with E-state index >= 15 is 0 Å². The van der Waals surface area contributed by atoms with Gasteiger partial charge in [0.1, 0.15) is 60.9 Å². The van der Waals surface area contributed by atoms with Crippen molar-refractivity contribution in [2.75, 3.05) is 6.61 Å². The number of aromatic nitrogens is 2. The van der Waals surface area contributed by atoms with Gasteiger partial charge in [0.15, 0.2) is 18.8 Å². The molecule has 4 rings (SSSR count). The second kappa shape index (κ2) is 23.2. The number of aliphatic hydroxyl groups excluding tert-OH is 8. The molecule has 3 aliphatic heterocycles. The normalized spacial score (nSPS) is 34.3. The van der Waals surface area contributed by atoms with E-state index in [1.54, 1.807) is 6.08 Å². The molecule has 20 nitrogen and oxygen atoms in total. The van der Waals surface area contributed by atoms with Crippen LogP contribution in [0.25, 0.3) is 0 Å². The highest BCUT2D eigenvalue weighted by atomic mass is 16.8. The predicted octanol–water partition coefficient (Wildman–Crippen LogP) is -2.09. The molecule has 3 aliphatic rings. The lowest BCUT2D eigenvalue weighted by Crippen LogP contribution is -2.68. The first-order valence-electron chi connectivity index (χ1n) is 20.6. The van der Waals surface area contributed by atoms with Gasteiger partial charge in [0.2, 0.25) is 11.8 Å². The molecule has 3 saturated heterocycles. The Kier molecular flexibility index (Phi) is 19.1. The van der Waals surface area contributed by atoms with Gasteiger partial charge in [0.25, 0.3) is 5.56 Å². The van der Waals surface area contributed by atoms with Crippen LogP contribution in [0, 0.1) is 5.92 Å². The lowest BCUT2D eigenvalue weighted by atomic mass is 9.91. The molecule has 0 spiro atoms. The third kappa shape index (κ3) is 13.4. The lowest BCUT2D eigenvalue weighted by Gasteiger charge is -2.47. The molecular formula is C39H64N4O16. The number of rotatable bonds is 21. The van der Waals surface area contributed by atoms with E-state index in [9.17, 15) is 60.0 Å². The summed E-state index contributed by atoms with van der Waals surface area (Å²) >= 11 is 0. The van der Waals surface area contributed by atoms with Gasteiger partial charge in [-0.1, -0.05) is 71.3 Å². The van der Waals surface area contributed by atoms with Gasteiger partial charge in [0, 0.05) is 25.6 Å². The average molecular weight is 845 g/mol. The Morgan fingerprint density at radius 3 is 1.98 bits per heavy atom. The van der Waals surface area contributed by atoms with Gasteiger partial charge < -0.3 is 70.4 Å². The van der Waals surface area contributed by atoms with Crippen molar-refractivity contribution in [2.24, 2.45) is 5.92 Å². The Morgan fingerprint density at radius 2 is 1.39 bits per heavy atom. The first-order chi connectivity index (χ1) is 28.0. The van der Waals surface area contributed by atoms with Crippen LogP contribution in [0.2, 0.25) is 0 Å². The van der Waals surface area contributed by atoms with Crippen molar-refractivity contribution < 1.29 is 69.4 Å². The summed E-state index contributed by atoms with van der Waals surface area (Å²) in [6.07, 6.45) is -7.65. The summed E-state index contributed by atoms with van der Waals surface area (Å²) in [6.45, 7) is 4.81. The minimum atomic E-state index is -1.85. The molecule has 0 aromatic carbocycles. The fourth-order valence-electron chi connectivity index (χ4n) is 7.63. The minimum Gasteiger partial charge on any atom is -0.394 e. The zero-order valence-electron chi connectivity index (χ0n) is 33.8. The molecule has 1 unspecified atom stereocenters. The zero-order valence-corrected chi connectivity index (χ0v) is 33.8. The largest absolute Gasteiger partial charge is 0.394 e. The zero-order chi connectivity index (χ0) is 43.4.